The van der Waals surface area contributed by atoms with E-state index in [1.807, 2.05) is 16.9 Å². The first-order valence-electron chi connectivity index (χ1n) is 5.53. The molecule has 0 saturated heterocycles. The molecule has 0 bridgehead atoms. The summed E-state index contributed by atoms with van der Waals surface area (Å²) in [5, 5.41) is 23.4. The Kier molecular flexibility index (Phi) is 3.85. The van der Waals surface area contributed by atoms with Gasteiger partial charge in [0.1, 0.15) is 5.56 Å². The van der Waals surface area contributed by atoms with Crippen LogP contribution in [0.3, 0.4) is 0 Å². The van der Waals surface area contributed by atoms with Gasteiger partial charge in [-0.15, -0.1) is 5.10 Å². The Balaban J connectivity index is 1.85. The van der Waals surface area contributed by atoms with E-state index in [2.05, 4.69) is 20.6 Å². The van der Waals surface area contributed by atoms with Crippen molar-refractivity contribution in [1.82, 2.24) is 20.0 Å². The van der Waals surface area contributed by atoms with Gasteiger partial charge in [-0.2, -0.15) is 10.2 Å². The van der Waals surface area contributed by atoms with E-state index < -0.39 is 5.97 Å². The van der Waals surface area contributed by atoms with Crippen molar-refractivity contribution in [1.29, 1.82) is 0 Å². The Bertz CT molecular complexity index is 512. The predicted octanol–water partition coefficient (Wildman–Crippen LogP) is 0.873. The van der Waals surface area contributed by atoms with Crippen LogP contribution in [0.4, 0.5) is 5.82 Å². The van der Waals surface area contributed by atoms with Crippen molar-refractivity contribution < 1.29 is 9.90 Å². The van der Waals surface area contributed by atoms with Gasteiger partial charge in [0.15, 0.2) is 5.82 Å². The van der Waals surface area contributed by atoms with E-state index in [0.717, 1.165) is 13.0 Å². The van der Waals surface area contributed by atoms with E-state index in [9.17, 15) is 4.79 Å². The predicted molar refractivity (Wildman–Crippen MR) is 64.3 cm³/mol. The number of hydrogen-bond acceptors (Lipinski definition) is 5. The first-order valence-corrected chi connectivity index (χ1v) is 5.53. The zero-order valence-electron chi connectivity index (χ0n) is 9.65. The molecular formula is C11H13N5O2. The van der Waals surface area contributed by atoms with Gasteiger partial charge in [0, 0.05) is 25.5 Å². The second-order valence-corrected chi connectivity index (χ2v) is 3.65. The van der Waals surface area contributed by atoms with Crippen LogP contribution < -0.4 is 5.32 Å². The average molecular weight is 247 g/mol. The number of rotatable bonds is 6. The first-order chi connectivity index (χ1) is 8.77. The van der Waals surface area contributed by atoms with Crippen LogP contribution in [-0.4, -0.2) is 37.6 Å². The van der Waals surface area contributed by atoms with Gasteiger partial charge in [-0.1, -0.05) is 0 Å². The summed E-state index contributed by atoms with van der Waals surface area (Å²) < 4.78 is 1.82. The highest BCUT2D eigenvalue weighted by Gasteiger charge is 2.10. The molecule has 2 rings (SSSR count). The van der Waals surface area contributed by atoms with Crippen LogP contribution in [-0.2, 0) is 6.54 Å². The summed E-state index contributed by atoms with van der Waals surface area (Å²) in [6.07, 6.45) is 5.78. The van der Waals surface area contributed by atoms with Gasteiger partial charge in [-0.25, -0.2) is 4.79 Å². The lowest BCUT2D eigenvalue weighted by atomic mass is 10.3. The van der Waals surface area contributed by atoms with E-state index >= 15 is 0 Å². The molecule has 0 aliphatic rings. The third-order valence-electron chi connectivity index (χ3n) is 2.37. The highest BCUT2D eigenvalue weighted by Crippen LogP contribution is 2.09. The number of anilines is 1. The third kappa shape index (κ3) is 3.03. The van der Waals surface area contributed by atoms with Crippen molar-refractivity contribution >= 4 is 11.8 Å². The summed E-state index contributed by atoms with van der Waals surface area (Å²) in [6, 6.07) is 3.28. The van der Waals surface area contributed by atoms with Crippen molar-refractivity contribution in [2.24, 2.45) is 0 Å². The number of carboxylic acid groups (broad SMARTS) is 1. The van der Waals surface area contributed by atoms with Gasteiger partial charge in [-0.3, -0.25) is 4.68 Å². The molecule has 0 aliphatic carbocycles. The van der Waals surface area contributed by atoms with E-state index in [-0.39, 0.29) is 5.56 Å². The summed E-state index contributed by atoms with van der Waals surface area (Å²) in [4.78, 5) is 10.9. The average Bonchev–Trinajstić information content (AvgIpc) is 2.88. The summed E-state index contributed by atoms with van der Waals surface area (Å²) in [7, 11) is 0. The monoisotopic (exact) mass is 247 g/mol. The molecule has 0 saturated carbocycles. The van der Waals surface area contributed by atoms with Crippen LogP contribution >= 0.6 is 0 Å². The molecule has 0 radical (unpaired) electrons. The van der Waals surface area contributed by atoms with Gasteiger partial charge >= 0.3 is 5.97 Å². The van der Waals surface area contributed by atoms with E-state index in [0.29, 0.717) is 12.4 Å². The largest absolute Gasteiger partial charge is 0.478 e. The molecule has 7 heteroatoms. The van der Waals surface area contributed by atoms with Gasteiger partial charge in [0.25, 0.3) is 0 Å². The van der Waals surface area contributed by atoms with E-state index in [1.165, 1.54) is 12.3 Å². The SMILES string of the molecule is O=C(O)c1ccnnc1NCCCn1cccn1. The van der Waals surface area contributed by atoms with Crippen molar-refractivity contribution in [3.63, 3.8) is 0 Å². The maximum absolute atomic E-state index is 10.9. The van der Waals surface area contributed by atoms with Crippen LogP contribution in [0.15, 0.2) is 30.7 Å². The molecular weight excluding hydrogens is 234 g/mol. The summed E-state index contributed by atoms with van der Waals surface area (Å²) in [5.74, 6) is -0.718. The zero-order valence-corrected chi connectivity index (χ0v) is 9.65. The van der Waals surface area contributed by atoms with Crippen molar-refractivity contribution in [3.05, 3.63) is 36.3 Å². The number of nitrogens with one attached hydrogen (secondary N) is 1. The highest BCUT2D eigenvalue weighted by atomic mass is 16.4. The molecule has 0 amide bonds. The van der Waals surface area contributed by atoms with Gasteiger partial charge in [0.05, 0.1) is 6.20 Å². The highest BCUT2D eigenvalue weighted by molar-refractivity contribution is 5.92. The Labute approximate surface area is 103 Å². The number of aromatic nitrogens is 4. The van der Waals surface area contributed by atoms with Crippen molar-refractivity contribution in [2.45, 2.75) is 13.0 Å². The fourth-order valence-corrected chi connectivity index (χ4v) is 1.52. The molecule has 18 heavy (non-hydrogen) atoms. The van der Waals surface area contributed by atoms with Gasteiger partial charge < -0.3 is 10.4 Å². The van der Waals surface area contributed by atoms with Crippen molar-refractivity contribution in [2.75, 3.05) is 11.9 Å². The molecule has 0 aromatic carbocycles. The van der Waals surface area contributed by atoms with Gasteiger partial charge in [0.2, 0.25) is 0 Å². The Morgan fingerprint density at radius 2 is 2.33 bits per heavy atom. The van der Waals surface area contributed by atoms with Crippen molar-refractivity contribution in [3.8, 4) is 0 Å². The van der Waals surface area contributed by atoms with Gasteiger partial charge in [-0.05, 0) is 18.6 Å². The summed E-state index contributed by atoms with van der Waals surface area (Å²) >= 11 is 0. The minimum atomic E-state index is -1.01. The number of carboxylic acids is 1. The number of carbonyl (C=O) groups is 1. The molecule has 0 atom stereocenters. The standard InChI is InChI=1S/C11H13N5O2/c17-11(18)9-3-6-13-15-10(9)12-4-1-7-16-8-2-5-14-16/h2-3,5-6,8H,1,4,7H2,(H,12,15)(H,17,18). The minimum absolute atomic E-state index is 0.129. The molecule has 0 fully saturated rings. The number of aromatic carboxylic acids is 1. The molecule has 0 spiro atoms. The maximum atomic E-state index is 10.9. The van der Waals surface area contributed by atoms with Crippen LogP contribution in [0.2, 0.25) is 0 Å². The first kappa shape index (κ1) is 12.0. The van der Waals surface area contributed by atoms with E-state index in [4.69, 9.17) is 5.11 Å². The maximum Gasteiger partial charge on any atom is 0.339 e. The lowest BCUT2D eigenvalue weighted by Crippen LogP contribution is -2.12. The fourth-order valence-electron chi connectivity index (χ4n) is 1.52. The molecule has 0 aliphatic heterocycles. The normalized spacial score (nSPS) is 10.2. The quantitative estimate of drug-likeness (QED) is 0.736. The Hall–Kier alpha value is -2.44. The Morgan fingerprint density at radius 3 is 3.06 bits per heavy atom. The molecule has 2 aromatic rings. The molecule has 2 heterocycles. The molecule has 2 N–H and O–H groups in total. The van der Waals surface area contributed by atoms with Crippen LogP contribution in [0.25, 0.3) is 0 Å². The lowest BCUT2D eigenvalue weighted by Gasteiger charge is -2.07. The fraction of sp³-hybridized carbons (Fsp3) is 0.273. The second-order valence-electron chi connectivity index (χ2n) is 3.65. The van der Waals surface area contributed by atoms with Crippen LogP contribution in [0, 0.1) is 0 Å². The Morgan fingerprint density at radius 1 is 1.44 bits per heavy atom. The molecule has 0 unspecified atom stereocenters. The summed E-state index contributed by atoms with van der Waals surface area (Å²) in [6.45, 7) is 1.38. The molecule has 2 aromatic heterocycles. The van der Waals surface area contributed by atoms with Crippen LogP contribution in [0.1, 0.15) is 16.8 Å². The van der Waals surface area contributed by atoms with E-state index in [1.54, 1.807) is 6.20 Å². The molecule has 94 valence electrons. The lowest BCUT2D eigenvalue weighted by molar-refractivity contribution is 0.0697. The zero-order chi connectivity index (χ0) is 12.8. The number of hydrogen-bond donors (Lipinski definition) is 2. The number of nitrogens with zero attached hydrogens (tertiary/aromatic N) is 4. The summed E-state index contributed by atoms with van der Waals surface area (Å²) in [5.41, 5.74) is 0.129. The minimum Gasteiger partial charge on any atom is -0.478 e. The number of aryl methyl sites for hydroxylation is 1. The third-order valence-corrected chi connectivity index (χ3v) is 2.37. The topological polar surface area (TPSA) is 92.9 Å². The molecule has 7 nitrogen and oxygen atoms in total. The van der Waals surface area contributed by atoms with Crippen LogP contribution in [0.5, 0.6) is 0 Å². The second kappa shape index (κ2) is 5.76. The smallest absolute Gasteiger partial charge is 0.339 e.